The molecule has 5 aliphatic heterocycles. The number of carbonyl (C=O) groups is 6. The quantitative estimate of drug-likeness (QED) is 0.205. The fraction of sp³-hybridized carbons (Fsp3) is 0.647. The lowest BCUT2D eigenvalue weighted by Gasteiger charge is -2.52. The molecule has 5 heterocycles. The van der Waals surface area contributed by atoms with Crippen molar-refractivity contribution in [3.63, 3.8) is 0 Å². The van der Waals surface area contributed by atoms with Crippen molar-refractivity contribution in [2.45, 2.75) is 42.5 Å². The molecule has 252 valence electrons. The van der Waals surface area contributed by atoms with E-state index >= 15 is 9.59 Å². The Labute approximate surface area is 273 Å². The van der Waals surface area contributed by atoms with E-state index in [0.29, 0.717) is 11.3 Å². The summed E-state index contributed by atoms with van der Waals surface area (Å²) in [5.74, 6) is -13.4. The number of Topliss-reactive ketones (excluding diaryl/α,β-unsaturated/α-hetero) is 4. The van der Waals surface area contributed by atoms with Gasteiger partial charge in [0.2, 0.25) is 34.9 Å². The molecule has 8 bridgehead atoms. The number of rotatable bonds is 7. The van der Waals surface area contributed by atoms with Gasteiger partial charge in [-0.1, -0.05) is 12.1 Å². The number of hydrogen-bond acceptors (Lipinski definition) is 13. The van der Waals surface area contributed by atoms with E-state index in [1.165, 1.54) is 40.4 Å². The first kappa shape index (κ1) is 29.5. The molecule has 9 fully saturated rings. The number of fused-ring (bicyclic) bond motifs is 18. The van der Waals surface area contributed by atoms with Crippen LogP contribution >= 0.6 is 0 Å². The van der Waals surface area contributed by atoms with Gasteiger partial charge >= 0.3 is 0 Å². The van der Waals surface area contributed by atoms with E-state index < -0.39 is 129 Å². The first-order valence-corrected chi connectivity index (χ1v) is 16.2. The van der Waals surface area contributed by atoms with Gasteiger partial charge in [0.05, 0.1) is 61.7 Å². The van der Waals surface area contributed by atoms with Crippen LogP contribution in [-0.2, 0) is 63.7 Å². The summed E-state index contributed by atoms with van der Waals surface area (Å²) in [5.41, 5.74) is -2.64. The van der Waals surface area contributed by atoms with E-state index in [2.05, 4.69) is 0 Å². The van der Waals surface area contributed by atoms with E-state index in [0.717, 1.165) is 0 Å². The molecule has 4 aliphatic carbocycles. The van der Waals surface area contributed by atoms with Crippen molar-refractivity contribution in [1.29, 1.82) is 0 Å². The van der Waals surface area contributed by atoms with Gasteiger partial charge in [0.1, 0.15) is 16.6 Å². The van der Waals surface area contributed by atoms with Crippen LogP contribution in [0.5, 0.6) is 5.75 Å². The second-order valence-corrected chi connectivity index (χ2v) is 14.7. The molecule has 14 nitrogen and oxygen atoms in total. The molecule has 10 rings (SSSR count). The molecule has 1 aromatic rings. The van der Waals surface area contributed by atoms with Crippen LogP contribution in [-0.4, -0.2) is 111 Å². The van der Waals surface area contributed by atoms with Crippen molar-refractivity contribution in [2.75, 3.05) is 35.5 Å². The molecule has 14 atom stereocenters. The summed E-state index contributed by atoms with van der Waals surface area (Å²) in [4.78, 5) is 86.2. The topological polar surface area (TPSA) is 170 Å². The molecule has 2 unspecified atom stereocenters. The number of ketones is 4. The normalized spacial score (nSPS) is 48.6. The molecular weight excluding hydrogens is 630 g/mol. The summed E-state index contributed by atoms with van der Waals surface area (Å²) in [6.45, 7) is -0.0513. The van der Waals surface area contributed by atoms with E-state index in [9.17, 15) is 19.2 Å². The van der Waals surface area contributed by atoms with Crippen LogP contribution in [0.2, 0.25) is 0 Å². The average Bonchev–Trinajstić information content (AvgIpc) is 3.96. The number of imide groups is 1. The molecule has 48 heavy (non-hydrogen) atoms. The van der Waals surface area contributed by atoms with Crippen molar-refractivity contribution in [2.24, 2.45) is 58.2 Å². The predicted octanol–water partition coefficient (Wildman–Crippen LogP) is -0.663. The summed E-state index contributed by atoms with van der Waals surface area (Å²) in [6.07, 6.45) is -4.16. The Balaban J connectivity index is 1.18. The van der Waals surface area contributed by atoms with Gasteiger partial charge in [-0.25, -0.2) is 0 Å². The van der Waals surface area contributed by atoms with Crippen molar-refractivity contribution in [3.05, 3.63) is 29.8 Å². The standard InChI is InChI=1S/C34H33NO13/c1-42-12-8-6-11(7-9-12)10-35-29(40)31-25-13-14(18-22(37)21(36)17(13)33(18,43-2)44-3)26(47-25)32(31,30(35)41)28-16-15(27(31)48-28)19-23(38)24(39)20(16)34(19,45-4)46-5/h6-9,13-20,25-28H,10H2,1-5H3/t13-,14+,15+,16-,17+,18-,19-,20+,25+,26-,27-,28+,31?,32?. The lowest BCUT2D eigenvalue weighted by molar-refractivity contribution is -0.246. The van der Waals surface area contributed by atoms with Crippen LogP contribution in [0.25, 0.3) is 0 Å². The molecule has 9 aliphatic rings. The number of benzene rings is 1. The molecule has 0 radical (unpaired) electrons. The van der Waals surface area contributed by atoms with E-state index in [1.807, 2.05) is 0 Å². The number of hydrogen-bond donors (Lipinski definition) is 0. The molecule has 14 heteroatoms. The highest BCUT2D eigenvalue weighted by atomic mass is 16.7. The summed E-state index contributed by atoms with van der Waals surface area (Å²) < 4.78 is 42.2. The van der Waals surface area contributed by atoms with Gasteiger partial charge in [-0.2, -0.15) is 0 Å². The van der Waals surface area contributed by atoms with Crippen molar-refractivity contribution in [1.82, 2.24) is 4.90 Å². The Morgan fingerprint density at radius 1 is 0.562 bits per heavy atom. The second kappa shape index (κ2) is 8.66. The Morgan fingerprint density at radius 2 is 0.896 bits per heavy atom. The monoisotopic (exact) mass is 663 g/mol. The highest BCUT2D eigenvalue weighted by Gasteiger charge is 3.01. The third-order valence-corrected chi connectivity index (χ3v) is 14.2. The average molecular weight is 664 g/mol. The van der Waals surface area contributed by atoms with E-state index in [1.54, 1.807) is 24.3 Å². The highest BCUT2D eigenvalue weighted by Crippen LogP contribution is 2.85. The lowest BCUT2D eigenvalue weighted by atomic mass is 9.42. The van der Waals surface area contributed by atoms with Gasteiger partial charge in [0.15, 0.2) is 11.6 Å². The molecule has 1 aromatic carbocycles. The third kappa shape index (κ3) is 2.45. The van der Waals surface area contributed by atoms with E-state index in [-0.39, 0.29) is 6.54 Å². The molecular formula is C34H33NO13. The van der Waals surface area contributed by atoms with Gasteiger partial charge in [0, 0.05) is 52.1 Å². The third-order valence-electron chi connectivity index (χ3n) is 14.2. The summed E-state index contributed by atoms with van der Waals surface area (Å²) in [6, 6.07) is 7.01. The van der Waals surface area contributed by atoms with Gasteiger partial charge in [0.25, 0.3) is 0 Å². The summed E-state index contributed by atoms with van der Waals surface area (Å²) in [7, 11) is 7.06. The van der Waals surface area contributed by atoms with Crippen LogP contribution in [0.1, 0.15) is 5.56 Å². The number of methoxy groups -OCH3 is 5. The number of likely N-dealkylation sites (tertiary alicyclic amines) is 1. The molecule has 0 aromatic heterocycles. The maximum absolute atomic E-state index is 15.3. The van der Waals surface area contributed by atoms with Crippen molar-refractivity contribution in [3.8, 4) is 5.75 Å². The van der Waals surface area contributed by atoms with Crippen LogP contribution in [0.15, 0.2) is 24.3 Å². The van der Waals surface area contributed by atoms with Gasteiger partial charge < -0.3 is 33.2 Å². The number of ether oxygens (including phenoxy) is 7. The highest BCUT2D eigenvalue weighted by molar-refractivity contribution is 6.43. The molecule has 4 saturated carbocycles. The van der Waals surface area contributed by atoms with Crippen LogP contribution in [0.4, 0.5) is 0 Å². The number of carbonyl (C=O) groups excluding carboxylic acids is 6. The molecule has 2 amide bonds. The fourth-order valence-corrected chi connectivity index (χ4v) is 13.1. The molecule has 0 spiro atoms. The second-order valence-electron chi connectivity index (χ2n) is 14.7. The van der Waals surface area contributed by atoms with Crippen LogP contribution < -0.4 is 4.74 Å². The zero-order chi connectivity index (χ0) is 33.6. The number of nitrogens with zero attached hydrogens (tertiary/aromatic N) is 1. The molecule has 5 saturated heterocycles. The van der Waals surface area contributed by atoms with E-state index in [4.69, 9.17) is 33.2 Å². The minimum atomic E-state index is -1.66. The Morgan fingerprint density at radius 3 is 1.19 bits per heavy atom. The summed E-state index contributed by atoms with van der Waals surface area (Å²) >= 11 is 0. The minimum Gasteiger partial charge on any atom is -0.497 e. The van der Waals surface area contributed by atoms with Crippen LogP contribution in [0.3, 0.4) is 0 Å². The van der Waals surface area contributed by atoms with Gasteiger partial charge in [-0.15, -0.1) is 0 Å². The van der Waals surface area contributed by atoms with Crippen LogP contribution in [0, 0.1) is 58.2 Å². The maximum atomic E-state index is 15.3. The minimum absolute atomic E-state index is 0.0513. The molecule has 0 N–H and O–H groups in total. The zero-order valence-corrected chi connectivity index (χ0v) is 26.7. The SMILES string of the molecule is COc1ccc(CN2C(=O)C34[C@@H]5O[C@@H]([C@@H]6[C@H]5[C@@H]5C(=O)C(=O)[C@H]6C5(OC)OC)C3(C2=O)[C@@H]2O[C@H]4[C@@H]3[C@H]2[C@@H]2C(=O)C(=O)[C@H]3C2(OC)OC)cc1. The number of amides is 2. The maximum Gasteiger partial charge on any atom is 0.242 e. The van der Waals surface area contributed by atoms with Gasteiger partial charge in [-0.3, -0.25) is 33.7 Å². The Bertz CT molecular complexity index is 1600. The predicted molar refractivity (Wildman–Crippen MR) is 152 cm³/mol. The van der Waals surface area contributed by atoms with Gasteiger partial charge in [-0.05, 0) is 17.7 Å². The Kier molecular flexibility index (Phi) is 5.32. The lowest BCUT2D eigenvalue weighted by Crippen LogP contribution is -2.69. The van der Waals surface area contributed by atoms with Crippen molar-refractivity contribution >= 4 is 34.9 Å². The first-order valence-electron chi connectivity index (χ1n) is 16.2. The first-order chi connectivity index (χ1) is 23.0. The van der Waals surface area contributed by atoms with Crippen molar-refractivity contribution < 1.29 is 61.9 Å². The largest absolute Gasteiger partial charge is 0.497 e. The fourth-order valence-electron chi connectivity index (χ4n) is 13.1. The summed E-state index contributed by atoms with van der Waals surface area (Å²) in [5, 5.41) is 0. The smallest absolute Gasteiger partial charge is 0.242 e. The Hall–Kier alpha value is -3.40. The zero-order valence-electron chi connectivity index (χ0n) is 26.7.